The summed E-state index contributed by atoms with van der Waals surface area (Å²) in [5.74, 6) is 0. The van der Waals surface area contributed by atoms with Gasteiger partial charge in [-0.2, -0.15) is 0 Å². The van der Waals surface area contributed by atoms with Crippen LogP contribution in [0.3, 0.4) is 0 Å². The number of nitrogens with two attached hydrogens (primary N) is 1. The third-order valence-corrected chi connectivity index (χ3v) is 3.93. The van der Waals surface area contributed by atoms with Gasteiger partial charge >= 0.3 is 35.2 Å². The Kier molecular flexibility index (Phi) is 22.7. The molecule has 3 rings (SSSR count). The van der Waals surface area contributed by atoms with E-state index >= 15 is 0 Å². The fourth-order valence-electron chi connectivity index (χ4n) is 1.74. The van der Waals surface area contributed by atoms with E-state index in [0.29, 0.717) is 11.4 Å². The Hall–Kier alpha value is -2.77. The van der Waals surface area contributed by atoms with Crippen LogP contribution in [0.1, 0.15) is 18.6 Å². The van der Waals surface area contributed by atoms with Gasteiger partial charge in [-0.15, -0.1) is 0 Å². The van der Waals surface area contributed by atoms with Crippen LogP contribution in [0.15, 0.2) is 77.9 Å². The second-order valence-corrected chi connectivity index (χ2v) is 6.85. The summed E-state index contributed by atoms with van der Waals surface area (Å²) in [7, 11) is 0. The van der Waals surface area contributed by atoms with Crippen molar-refractivity contribution in [1.29, 1.82) is 5.39 Å². The van der Waals surface area contributed by atoms with Crippen molar-refractivity contribution in [2.45, 2.75) is 21.3 Å². The molecule has 3 aromatic carbocycles. The fourth-order valence-corrected chi connectivity index (χ4v) is 2.10. The molecule has 0 fully saturated rings. The average Bonchev–Trinajstić information content (AvgIpc) is 2.74. The van der Waals surface area contributed by atoms with Crippen LogP contribution in [0.25, 0.3) is 31.4 Å². The van der Waals surface area contributed by atoms with Crippen molar-refractivity contribution in [3.05, 3.63) is 119 Å². The molecule has 0 aliphatic rings. The van der Waals surface area contributed by atoms with Crippen LogP contribution in [0, 0.1) is 22.8 Å². The zero-order chi connectivity index (χ0) is 22.8. The van der Waals surface area contributed by atoms with Crippen molar-refractivity contribution in [2.24, 2.45) is 5.11 Å². The molecule has 0 spiro atoms. The molecule has 0 saturated heterocycles. The number of rotatable bonds is 1. The van der Waals surface area contributed by atoms with Crippen molar-refractivity contribution < 1.29 is 29.6 Å². The number of nitrogen functional groups attached to an aromatic ring is 1. The first-order chi connectivity index (χ1) is 14.4. The molecule has 11 heteroatoms. The van der Waals surface area contributed by atoms with E-state index in [2.05, 4.69) is 37.6 Å². The summed E-state index contributed by atoms with van der Waals surface area (Å²) in [4.78, 5) is 7.17. The smallest absolute Gasteiger partial charge is 0.399 e. The molecule has 0 aliphatic heterocycles. The topological polar surface area (TPSA) is 162 Å². The van der Waals surface area contributed by atoms with Crippen LogP contribution in [-0.2, 0) is 0 Å². The predicted octanol–water partition coefficient (Wildman–Crippen LogP) is 5.80. The third-order valence-electron chi connectivity index (χ3n) is 3.21. The molecule has 32 heavy (non-hydrogen) atoms. The maximum atomic E-state index is 8.25. The summed E-state index contributed by atoms with van der Waals surface area (Å²) in [6, 6.07) is 22.4. The van der Waals surface area contributed by atoms with Gasteiger partial charge in [-0.3, -0.25) is 4.91 Å². The van der Waals surface area contributed by atoms with Crippen molar-refractivity contribution in [3.63, 3.8) is 0 Å². The number of halogens is 1. The Bertz CT molecular complexity index is 982. The van der Waals surface area contributed by atoms with E-state index in [1.165, 1.54) is 14.0 Å². The number of hydrogen-bond donors (Lipinski definition) is 1. The standard InChI is InChI=1S/C7H7N3.C7H7N2.C6H6IN.CH4.N3.Na/c1-6-2-4-7(5-3-6)9-10-8;1-6-2-4-7(9-8)5-3-6;7-5-1-3-6(8)4-2-5;;1-3-2;/h2-5H,1H3;2-5H,1H3;1-4H,8H2;1H4;;/q;+1;;;-1;+1. The minimum atomic E-state index is 0. The Balaban J connectivity index is -0.000000362. The molecular formula is C21H24IN9Na+. The number of nitrogens with zero attached hydrogens (tertiary/aromatic N) is 8. The maximum Gasteiger partial charge on any atom is 1.00 e. The third kappa shape index (κ3) is 18.0. The molecule has 0 aromatic heterocycles. The van der Waals surface area contributed by atoms with Crippen LogP contribution in [0.2, 0.25) is 0 Å². The molecular weight excluding hydrogens is 528 g/mol. The van der Waals surface area contributed by atoms with Crippen LogP contribution < -0.4 is 35.3 Å². The SMILES string of the molecule is C.Cc1ccc(N=[N+]=[N-])cc1.Cc1ccc([N+]#N)cc1.Nc1ccc(I)cc1.[N-]=[N+]=[N-].[Na+]. The molecule has 2 N–H and O–H groups in total. The summed E-state index contributed by atoms with van der Waals surface area (Å²) < 4.78 is 1.22. The zero-order valence-corrected chi connectivity index (χ0v) is 21.6. The summed E-state index contributed by atoms with van der Waals surface area (Å²) in [6.07, 6.45) is 0. The molecule has 3 aromatic rings. The minimum absolute atomic E-state index is 0. The maximum absolute atomic E-state index is 8.25. The monoisotopic (exact) mass is 552 g/mol. The normalized spacial score (nSPS) is 7.56. The summed E-state index contributed by atoms with van der Waals surface area (Å²) >= 11 is 2.24. The molecule has 0 heterocycles. The van der Waals surface area contributed by atoms with Gasteiger partial charge in [-0.05, 0) is 66.2 Å². The summed E-state index contributed by atoms with van der Waals surface area (Å²) in [6.45, 7) is 3.97. The summed E-state index contributed by atoms with van der Waals surface area (Å²) in [5, 5.41) is 11.7. The van der Waals surface area contributed by atoms with Gasteiger partial charge < -0.3 is 16.8 Å². The predicted molar refractivity (Wildman–Crippen MR) is 136 cm³/mol. The first-order valence-corrected chi connectivity index (χ1v) is 9.47. The van der Waals surface area contributed by atoms with Gasteiger partial charge in [0.05, 0.1) is 0 Å². The summed E-state index contributed by atoms with van der Waals surface area (Å²) in [5.41, 5.74) is 31.4. The van der Waals surface area contributed by atoms with Crippen LogP contribution in [0.4, 0.5) is 17.1 Å². The van der Waals surface area contributed by atoms with E-state index in [1.54, 1.807) is 24.3 Å². The average molecular weight is 552 g/mol. The number of hydrogen-bond acceptors (Lipinski definition) is 3. The molecule has 0 saturated carbocycles. The molecule has 160 valence electrons. The first-order valence-electron chi connectivity index (χ1n) is 8.39. The quantitative estimate of drug-likeness (QED) is 0.0769. The number of benzene rings is 3. The van der Waals surface area contributed by atoms with Crippen molar-refractivity contribution in [1.82, 2.24) is 0 Å². The van der Waals surface area contributed by atoms with Gasteiger partial charge in [-0.25, -0.2) is 0 Å². The molecule has 0 unspecified atom stereocenters. The van der Waals surface area contributed by atoms with Crippen LogP contribution in [-0.4, -0.2) is 0 Å². The minimum Gasteiger partial charge on any atom is -0.399 e. The number of azide groups is 1. The first kappa shape index (κ1) is 33.9. The molecule has 0 amide bonds. The molecule has 9 nitrogen and oxygen atoms in total. The van der Waals surface area contributed by atoms with Gasteiger partial charge in [0, 0.05) is 32.0 Å². The molecule has 0 atom stereocenters. The zero-order valence-electron chi connectivity index (χ0n) is 17.5. The van der Waals surface area contributed by atoms with Crippen molar-refractivity contribution in [3.8, 4) is 0 Å². The second kappa shape index (κ2) is 21.5. The Morgan fingerprint density at radius 3 is 1.56 bits per heavy atom. The van der Waals surface area contributed by atoms with E-state index in [4.69, 9.17) is 27.7 Å². The Morgan fingerprint density at radius 1 is 0.812 bits per heavy atom. The number of anilines is 1. The van der Waals surface area contributed by atoms with E-state index in [0.717, 1.165) is 11.3 Å². The van der Waals surface area contributed by atoms with Crippen molar-refractivity contribution >= 4 is 39.7 Å². The van der Waals surface area contributed by atoms with E-state index in [-0.39, 0.29) is 37.0 Å². The van der Waals surface area contributed by atoms with E-state index in [9.17, 15) is 0 Å². The van der Waals surface area contributed by atoms with Gasteiger partial charge in [0.25, 0.3) is 0 Å². The largest absolute Gasteiger partial charge is 1.00 e. The Labute approximate surface area is 224 Å². The van der Waals surface area contributed by atoms with Gasteiger partial charge in [0.15, 0.2) is 4.98 Å². The molecule has 0 aliphatic carbocycles. The molecule has 0 bridgehead atoms. The van der Waals surface area contributed by atoms with Gasteiger partial charge in [0.2, 0.25) is 5.39 Å². The molecule has 0 radical (unpaired) electrons. The van der Waals surface area contributed by atoms with E-state index < -0.39 is 0 Å². The Morgan fingerprint density at radius 2 is 1.22 bits per heavy atom. The number of aryl methyl sites for hydroxylation is 2. The second-order valence-electron chi connectivity index (χ2n) is 5.60. The van der Waals surface area contributed by atoms with Gasteiger partial charge in [-0.1, -0.05) is 60.1 Å². The fraction of sp³-hybridized carbons (Fsp3) is 0.143. The van der Waals surface area contributed by atoms with Crippen LogP contribution in [0.5, 0.6) is 0 Å². The van der Waals surface area contributed by atoms with Gasteiger partial charge in [0.1, 0.15) is 0 Å². The van der Waals surface area contributed by atoms with Crippen LogP contribution >= 0.6 is 22.6 Å². The van der Waals surface area contributed by atoms with E-state index in [1.807, 2.05) is 62.4 Å². The number of diazo groups is 1. The van der Waals surface area contributed by atoms with Crippen molar-refractivity contribution in [2.75, 3.05) is 5.73 Å².